The average molecular weight is 251 g/mol. The van der Waals surface area contributed by atoms with Crippen LogP contribution in [0.3, 0.4) is 0 Å². The van der Waals surface area contributed by atoms with Gasteiger partial charge in [0.05, 0.1) is 19.8 Å². The molecule has 0 saturated carbocycles. The van der Waals surface area contributed by atoms with Gasteiger partial charge in [-0.3, -0.25) is 0 Å². The molecule has 0 aliphatic carbocycles. The quantitative estimate of drug-likeness (QED) is 0.837. The summed E-state index contributed by atoms with van der Waals surface area (Å²) in [6, 6.07) is 6.02. The van der Waals surface area contributed by atoms with Crippen molar-refractivity contribution in [1.82, 2.24) is 0 Å². The van der Waals surface area contributed by atoms with Crippen LogP contribution < -0.4 is 15.2 Å². The van der Waals surface area contributed by atoms with Crippen molar-refractivity contribution in [2.45, 2.75) is 25.9 Å². The first-order chi connectivity index (χ1) is 8.83. The van der Waals surface area contributed by atoms with Crippen LogP contribution in [0.2, 0.25) is 0 Å². The average Bonchev–Trinajstić information content (AvgIpc) is 2.86. The Morgan fingerprint density at radius 3 is 2.94 bits per heavy atom. The lowest BCUT2D eigenvalue weighted by Crippen LogP contribution is -2.16. The van der Waals surface area contributed by atoms with Crippen LogP contribution in [0.25, 0.3) is 0 Å². The van der Waals surface area contributed by atoms with E-state index < -0.39 is 0 Å². The summed E-state index contributed by atoms with van der Waals surface area (Å²) in [5, 5.41) is 0. The minimum Gasteiger partial charge on any atom is -0.490 e. The summed E-state index contributed by atoms with van der Waals surface area (Å²) >= 11 is 0. The van der Waals surface area contributed by atoms with E-state index in [1.807, 2.05) is 25.1 Å². The maximum Gasteiger partial charge on any atom is 0.161 e. The predicted octanol–water partition coefficient (Wildman–Crippen LogP) is 1.75. The third-order valence-electron chi connectivity index (χ3n) is 2.92. The molecule has 1 atom stereocenters. The zero-order chi connectivity index (χ0) is 12.8. The molecule has 1 unspecified atom stereocenters. The predicted molar refractivity (Wildman–Crippen MR) is 70.2 cm³/mol. The maximum atomic E-state index is 5.91. The van der Waals surface area contributed by atoms with Crippen LogP contribution in [-0.2, 0) is 11.2 Å². The van der Waals surface area contributed by atoms with Crippen LogP contribution in [0.4, 0.5) is 0 Å². The third-order valence-corrected chi connectivity index (χ3v) is 2.92. The summed E-state index contributed by atoms with van der Waals surface area (Å²) in [4.78, 5) is 0. The van der Waals surface area contributed by atoms with Gasteiger partial charge in [0.15, 0.2) is 11.5 Å². The van der Waals surface area contributed by atoms with Gasteiger partial charge in [-0.25, -0.2) is 0 Å². The lowest BCUT2D eigenvalue weighted by atomic mass is 10.1. The molecule has 100 valence electrons. The number of benzene rings is 1. The second-order valence-electron chi connectivity index (χ2n) is 4.36. The van der Waals surface area contributed by atoms with Crippen LogP contribution in [0, 0.1) is 0 Å². The molecule has 0 aromatic heterocycles. The van der Waals surface area contributed by atoms with E-state index >= 15 is 0 Å². The highest BCUT2D eigenvalue weighted by Crippen LogP contribution is 2.30. The van der Waals surface area contributed by atoms with E-state index in [0.29, 0.717) is 19.8 Å². The van der Waals surface area contributed by atoms with Gasteiger partial charge in [-0.05, 0) is 37.6 Å². The Bertz CT molecular complexity index is 375. The fourth-order valence-electron chi connectivity index (χ4n) is 2.03. The summed E-state index contributed by atoms with van der Waals surface area (Å²) in [7, 11) is 0. The van der Waals surface area contributed by atoms with Crippen molar-refractivity contribution in [3.63, 3.8) is 0 Å². The summed E-state index contributed by atoms with van der Waals surface area (Å²) in [6.45, 7) is 4.68. The van der Waals surface area contributed by atoms with E-state index in [1.54, 1.807) is 0 Å². The monoisotopic (exact) mass is 251 g/mol. The summed E-state index contributed by atoms with van der Waals surface area (Å²) in [6.07, 6.45) is 1.94. The zero-order valence-corrected chi connectivity index (χ0v) is 10.9. The normalized spacial score (nSPS) is 18.9. The fraction of sp³-hybridized carbons (Fsp3) is 0.571. The summed E-state index contributed by atoms with van der Waals surface area (Å²) in [5.41, 5.74) is 6.74. The lowest BCUT2D eigenvalue weighted by molar-refractivity contribution is 0.138. The Hall–Kier alpha value is -1.26. The van der Waals surface area contributed by atoms with Gasteiger partial charge >= 0.3 is 0 Å². The number of rotatable bonds is 6. The maximum absolute atomic E-state index is 5.91. The van der Waals surface area contributed by atoms with Gasteiger partial charge in [0.1, 0.15) is 6.10 Å². The van der Waals surface area contributed by atoms with Crippen LogP contribution in [0.1, 0.15) is 18.9 Å². The van der Waals surface area contributed by atoms with Crippen molar-refractivity contribution in [3.05, 3.63) is 23.8 Å². The molecule has 4 nitrogen and oxygen atoms in total. The molecule has 1 heterocycles. The summed E-state index contributed by atoms with van der Waals surface area (Å²) < 4.78 is 16.8. The van der Waals surface area contributed by atoms with Crippen molar-refractivity contribution < 1.29 is 14.2 Å². The minimum atomic E-state index is 0.143. The molecule has 0 radical (unpaired) electrons. The Morgan fingerprint density at radius 2 is 2.28 bits per heavy atom. The molecule has 0 bridgehead atoms. The SMILES string of the molecule is CCOc1cc(CCN)ccc1OC1CCOC1. The van der Waals surface area contributed by atoms with E-state index in [0.717, 1.165) is 30.9 Å². The number of hydrogen-bond donors (Lipinski definition) is 1. The molecule has 1 aromatic rings. The molecular formula is C14H21NO3. The highest BCUT2D eigenvalue weighted by Gasteiger charge is 2.19. The van der Waals surface area contributed by atoms with Crippen LogP contribution in [0.15, 0.2) is 18.2 Å². The van der Waals surface area contributed by atoms with Crippen molar-refractivity contribution in [3.8, 4) is 11.5 Å². The van der Waals surface area contributed by atoms with Crippen molar-refractivity contribution in [1.29, 1.82) is 0 Å². The van der Waals surface area contributed by atoms with E-state index in [9.17, 15) is 0 Å². The second kappa shape index (κ2) is 6.61. The minimum absolute atomic E-state index is 0.143. The van der Waals surface area contributed by atoms with Crippen molar-refractivity contribution in [2.75, 3.05) is 26.4 Å². The molecule has 2 rings (SSSR count). The number of hydrogen-bond acceptors (Lipinski definition) is 4. The van der Waals surface area contributed by atoms with E-state index in [1.165, 1.54) is 5.56 Å². The largest absolute Gasteiger partial charge is 0.490 e. The van der Waals surface area contributed by atoms with E-state index in [-0.39, 0.29) is 6.10 Å². The zero-order valence-electron chi connectivity index (χ0n) is 10.9. The van der Waals surface area contributed by atoms with Gasteiger partial charge in [0, 0.05) is 6.42 Å². The summed E-state index contributed by atoms with van der Waals surface area (Å²) in [5.74, 6) is 1.60. The number of nitrogens with two attached hydrogens (primary N) is 1. The van der Waals surface area contributed by atoms with Gasteiger partial charge in [0.25, 0.3) is 0 Å². The van der Waals surface area contributed by atoms with E-state index in [4.69, 9.17) is 19.9 Å². The number of ether oxygens (including phenoxy) is 3. The molecule has 1 fully saturated rings. The smallest absolute Gasteiger partial charge is 0.161 e. The van der Waals surface area contributed by atoms with Gasteiger partial charge in [0.2, 0.25) is 0 Å². The van der Waals surface area contributed by atoms with Crippen LogP contribution in [-0.4, -0.2) is 32.5 Å². The Morgan fingerprint density at radius 1 is 1.39 bits per heavy atom. The fourth-order valence-corrected chi connectivity index (χ4v) is 2.03. The molecule has 0 spiro atoms. The molecule has 1 aliphatic rings. The molecule has 18 heavy (non-hydrogen) atoms. The first-order valence-electron chi connectivity index (χ1n) is 6.53. The molecule has 4 heteroatoms. The van der Waals surface area contributed by atoms with Crippen molar-refractivity contribution >= 4 is 0 Å². The standard InChI is InChI=1S/C14H21NO3/c1-2-17-14-9-11(5-7-15)3-4-13(14)18-12-6-8-16-10-12/h3-4,9,12H,2,5-8,10,15H2,1H3. The van der Waals surface area contributed by atoms with Gasteiger partial charge in [-0.1, -0.05) is 6.07 Å². The van der Waals surface area contributed by atoms with Gasteiger partial charge in [-0.2, -0.15) is 0 Å². The Kier molecular flexibility index (Phi) is 4.84. The molecule has 2 N–H and O–H groups in total. The molecule has 1 aliphatic heterocycles. The molecule has 1 saturated heterocycles. The first kappa shape index (κ1) is 13.2. The molecular weight excluding hydrogens is 230 g/mol. The van der Waals surface area contributed by atoms with Crippen LogP contribution >= 0.6 is 0 Å². The highest BCUT2D eigenvalue weighted by molar-refractivity contribution is 5.43. The lowest BCUT2D eigenvalue weighted by Gasteiger charge is -2.16. The third kappa shape index (κ3) is 3.37. The van der Waals surface area contributed by atoms with Gasteiger partial charge < -0.3 is 19.9 Å². The molecule has 0 amide bonds. The topological polar surface area (TPSA) is 53.7 Å². The Labute approximate surface area is 108 Å². The van der Waals surface area contributed by atoms with Crippen molar-refractivity contribution in [2.24, 2.45) is 5.73 Å². The van der Waals surface area contributed by atoms with Gasteiger partial charge in [-0.15, -0.1) is 0 Å². The first-order valence-corrected chi connectivity index (χ1v) is 6.53. The molecule has 1 aromatic carbocycles. The second-order valence-corrected chi connectivity index (χ2v) is 4.36. The Balaban J connectivity index is 2.11. The van der Waals surface area contributed by atoms with E-state index in [2.05, 4.69) is 0 Å². The van der Waals surface area contributed by atoms with Crippen LogP contribution in [0.5, 0.6) is 11.5 Å². The highest BCUT2D eigenvalue weighted by atomic mass is 16.6.